The molecule has 4 nitrogen and oxygen atoms in total. The number of carbonyl (C=O) groups excluding carboxylic acids is 1. The van der Waals surface area contributed by atoms with E-state index in [1.54, 1.807) is 0 Å². The topological polar surface area (TPSA) is 54.9 Å². The average Bonchev–Trinajstić information content (AvgIpc) is 3.07. The summed E-state index contributed by atoms with van der Waals surface area (Å²) in [5.41, 5.74) is -2.59. The summed E-state index contributed by atoms with van der Waals surface area (Å²) < 4.78 is 77.7. The molecule has 0 bridgehead atoms. The molecule has 2 heterocycles. The van der Waals surface area contributed by atoms with Crippen molar-refractivity contribution in [2.45, 2.75) is 18.8 Å². The van der Waals surface area contributed by atoms with Gasteiger partial charge >= 0.3 is 12.4 Å². The minimum Gasteiger partial charge on any atom is -0.298 e. The number of benzene rings is 1. The van der Waals surface area contributed by atoms with Gasteiger partial charge in [0.2, 0.25) is 0 Å². The molecule has 29 heavy (non-hydrogen) atoms. The highest BCUT2D eigenvalue weighted by atomic mass is 32.1. The number of anilines is 1. The number of pyridine rings is 1. The van der Waals surface area contributed by atoms with Gasteiger partial charge in [-0.05, 0) is 35.9 Å². The smallest absolute Gasteiger partial charge is 0.298 e. The highest BCUT2D eigenvalue weighted by molar-refractivity contribution is 7.15. The lowest BCUT2D eigenvalue weighted by Crippen LogP contribution is -2.11. The van der Waals surface area contributed by atoms with Crippen molar-refractivity contribution in [2.24, 2.45) is 0 Å². The molecular formula is C18H11F6N3OS. The quantitative estimate of drug-likeness (QED) is 0.562. The van der Waals surface area contributed by atoms with Crippen LogP contribution in [0, 0.1) is 0 Å². The zero-order valence-corrected chi connectivity index (χ0v) is 15.1. The third-order valence-electron chi connectivity index (χ3n) is 3.74. The molecular weight excluding hydrogens is 420 g/mol. The molecule has 11 heteroatoms. The van der Waals surface area contributed by atoms with Gasteiger partial charge in [-0.2, -0.15) is 26.3 Å². The molecule has 0 spiro atoms. The first-order valence-electron chi connectivity index (χ1n) is 7.97. The molecule has 1 N–H and O–H groups in total. The second kappa shape index (κ2) is 7.82. The van der Waals surface area contributed by atoms with Gasteiger partial charge in [-0.3, -0.25) is 15.1 Å². The maximum Gasteiger partial charge on any atom is 0.416 e. The van der Waals surface area contributed by atoms with Gasteiger partial charge in [0, 0.05) is 35.5 Å². The second-order valence-corrected chi connectivity index (χ2v) is 7.03. The Hall–Kier alpha value is -2.95. The minimum absolute atomic E-state index is 0.0799. The van der Waals surface area contributed by atoms with Crippen LogP contribution in [-0.4, -0.2) is 15.9 Å². The van der Waals surface area contributed by atoms with Crippen molar-refractivity contribution in [3.63, 3.8) is 0 Å². The fourth-order valence-corrected chi connectivity index (χ4v) is 3.28. The lowest BCUT2D eigenvalue weighted by Gasteiger charge is -2.13. The van der Waals surface area contributed by atoms with Crippen LogP contribution < -0.4 is 5.32 Å². The molecule has 1 aromatic carbocycles. The Morgan fingerprint density at radius 3 is 2.10 bits per heavy atom. The summed E-state index contributed by atoms with van der Waals surface area (Å²) in [6.45, 7) is 0. The van der Waals surface area contributed by atoms with Crippen LogP contribution in [0.15, 0.2) is 48.9 Å². The Morgan fingerprint density at radius 1 is 0.966 bits per heavy atom. The monoisotopic (exact) mass is 431 g/mol. The van der Waals surface area contributed by atoms with Gasteiger partial charge < -0.3 is 0 Å². The van der Waals surface area contributed by atoms with Gasteiger partial charge in [0.05, 0.1) is 11.1 Å². The van der Waals surface area contributed by atoms with Crippen LogP contribution >= 0.6 is 11.3 Å². The van der Waals surface area contributed by atoms with Crippen molar-refractivity contribution in [3.05, 3.63) is 76.1 Å². The molecule has 0 aliphatic heterocycles. The van der Waals surface area contributed by atoms with E-state index < -0.39 is 29.4 Å². The van der Waals surface area contributed by atoms with Crippen molar-refractivity contribution in [3.8, 4) is 0 Å². The number of hydrogen-bond donors (Lipinski definition) is 1. The minimum atomic E-state index is -4.91. The molecule has 0 saturated carbocycles. The first-order chi connectivity index (χ1) is 13.5. The van der Waals surface area contributed by atoms with Crippen LogP contribution in [0.4, 0.5) is 31.5 Å². The number of aromatic nitrogens is 2. The third kappa shape index (κ3) is 5.31. The van der Waals surface area contributed by atoms with E-state index in [1.807, 2.05) is 0 Å². The average molecular weight is 431 g/mol. The largest absolute Gasteiger partial charge is 0.416 e. The van der Waals surface area contributed by atoms with Gasteiger partial charge in [0.25, 0.3) is 5.91 Å². The van der Waals surface area contributed by atoms with Crippen molar-refractivity contribution in [1.29, 1.82) is 0 Å². The van der Waals surface area contributed by atoms with E-state index in [-0.39, 0.29) is 23.2 Å². The molecule has 0 aliphatic carbocycles. The highest BCUT2D eigenvalue weighted by Gasteiger charge is 2.36. The number of nitrogens with one attached hydrogen (secondary N) is 1. The molecule has 3 rings (SSSR count). The van der Waals surface area contributed by atoms with E-state index >= 15 is 0 Å². The Kier molecular flexibility index (Phi) is 5.60. The molecule has 3 aromatic rings. The van der Waals surface area contributed by atoms with Crippen molar-refractivity contribution < 1.29 is 31.1 Å². The number of nitrogens with zero attached hydrogens (tertiary/aromatic N) is 2. The molecule has 0 unspecified atom stereocenters. The highest BCUT2D eigenvalue weighted by Crippen LogP contribution is 2.37. The fourth-order valence-electron chi connectivity index (χ4n) is 2.44. The number of rotatable bonds is 4. The number of hydrogen-bond acceptors (Lipinski definition) is 4. The van der Waals surface area contributed by atoms with E-state index in [4.69, 9.17) is 0 Å². The summed E-state index contributed by atoms with van der Waals surface area (Å²) in [5, 5.41) is 2.69. The van der Waals surface area contributed by atoms with E-state index in [9.17, 15) is 31.1 Å². The second-order valence-electron chi connectivity index (χ2n) is 5.91. The van der Waals surface area contributed by atoms with Gasteiger partial charge in [-0.25, -0.2) is 4.98 Å². The number of halogens is 6. The summed E-state index contributed by atoms with van der Waals surface area (Å²) in [7, 11) is 0. The lowest BCUT2D eigenvalue weighted by atomic mass is 10.0. The van der Waals surface area contributed by atoms with Gasteiger partial charge in [0.15, 0.2) is 5.13 Å². The predicted molar refractivity (Wildman–Crippen MR) is 93.6 cm³/mol. The van der Waals surface area contributed by atoms with Crippen molar-refractivity contribution in [2.75, 3.05) is 5.32 Å². The van der Waals surface area contributed by atoms with E-state index in [0.717, 1.165) is 11.3 Å². The Morgan fingerprint density at radius 2 is 1.55 bits per heavy atom. The SMILES string of the molecule is O=C(Nc1ncc(Cc2cc(C(F)(F)F)cc(C(F)(F)F)c2)s1)c1ccncc1. The molecule has 0 aliphatic rings. The number of carbonyl (C=O) groups is 1. The lowest BCUT2D eigenvalue weighted by molar-refractivity contribution is -0.143. The van der Waals surface area contributed by atoms with Gasteiger partial charge in [0.1, 0.15) is 0 Å². The van der Waals surface area contributed by atoms with Crippen LogP contribution in [0.2, 0.25) is 0 Å². The Balaban J connectivity index is 1.81. The van der Waals surface area contributed by atoms with E-state index in [1.165, 1.54) is 30.7 Å². The van der Waals surface area contributed by atoms with Crippen LogP contribution in [-0.2, 0) is 18.8 Å². The molecule has 0 saturated heterocycles. The molecule has 152 valence electrons. The Labute approximate surface area is 164 Å². The maximum atomic E-state index is 13.0. The summed E-state index contributed by atoms with van der Waals surface area (Å²) in [4.78, 5) is 20.2. The van der Waals surface area contributed by atoms with E-state index in [0.29, 0.717) is 22.6 Å². The van der Waals surface area contributed by atoms with E-state index in [2.05, 4.69) is 15.3 Å². The van der Waals surface area contributed by atoms with Crippen LogP contribution in [0.5, 0.6) is 0 Å². The van der Waals surface area contributed by atoms with Crippen molar-refractivity contribution in [1.82, 2.24) is 9.97 Å². The molecule has 0 radical (unpaired) electrons. The summed E-state index contributed by atoms with van der Waals surface area (Å²) in [6.07, 6.45) is -5.88. The molecule has 0 fully saturated rings. The third-order valence-corrected chi connectivity index (χ3v) is 4.66. The first-order valence-corrected chi connectivity index (χ1v) is 8.78. The predicted octanol–water partition coefficient (Wildman–Crippen LogP) is 5.42. The summed E-state index contributed by atoms with van der Waals surface area (Å²) in [5.74, 6) is -0.466. The molecule has 1 amide bonds. The maximum absolute atomic E-state index is 13.0. The number of thiazole rings is 1. The summed E-state index contributed by atoms with van der Waals surface area (Å²) in [6, 6.07) is 4.38. The molecule has 0 atom stereocenters. The van der Waals surface area contributed by atoms with Crippen LogP contribution in [0.1, 0.15) is 31.9 Å². The Bertz CT molecular complexity index is 982. The fraction of sp³-hybridized carbons (Fsp3) is 0.167. The van der Waals surface area contributed by atoms with Gasteiger partial charge in [-0.1, -0.05) is 0 Å². The number of alkyl halides is 6. The number of amides is 1. The van der Waals surface area contributed by atoms with Crippen LogP contribution in [0.3, 0.4) is 0 Å². The zero-order chi connectivity index (χ0) is 21.2. The zero-order valence-electron chi connectivity index (χ0n) is 14.3. The first kappa shape index (κ1) is 20.8. The van der Waals surface area contributed by atoms with Gasteiger partial charge in [-0.15, -0.1) is 11.3 Å². The molecule has 2 aromatic heterocycles. The summed E-state index contributed by atoms with van der Waals surface area (Å²) >= 11 is 0.956. The van der Waals surface area contributed by atoms with Crippen molar-refractivity contribution >= 4 is 22.4 Å². The normalized spacial score (nSPS) is 12.1. The standard InChI is InChI=1S/C18H11F6N3OS/c19-17(20,21)12-5-10(6-13(8-12)18(22,23)24)7-14-9-26-16(29-14)27-15(28)11-1-3-25-4-2-11/h1-6,8-9H,7H2,(H,26,27,28). The van der Waals surface area contributed by atoms with Crippen LogP contribution in [0.25, 0.3) is 0 Å².